The van der Waals surface area contributed by atoms with Gasteiger partial charge in [0.05, 0.1) is 18.4 Å². The van der Waals surface area contributed by atoms with Crippen molar-refractivity contribution >= 4 is 22.7 Å². The molecule has 3 rings (SSSR count). The summed E-state index contributed by atoms with van der Waals surface area (Å²) in [6.07, 6.45) is 0. The van der Waals surface area contributed by atoms with Gasteiger partial charge < -0.3 is 5.11 Å². The third kappa shape index (κ3) is 2.46. The summed E-state index contributed by atoms with van der Waals surface area (Å²) in [6.45, 7) is 3.92. The average Bonchev–Trinajstić information content (AvgIpc) is 3.07. The van der Waals surface area contributed by atoms with E-state index < -0.39 is 36.2 Å². The van der Waals surface area contributed by atoms with Gasteiger partial charge in [0.1, 0.15) is 0 Å². The molecule has 2 aromatic heterocycles. The topological polar surface area (TPSA) is 20.2 Å². The molecule has 0 spiro atoms. The summed E-state index contributed by atoms with van der Waals surface area (Å²) in [5, 5.41) is 9.43. The Kier molecular flexibility index (Phi) is 4.52. The van der Waals surface area contributed by atoms with Crippen molar-refractivity contribution in [1.82, 2.24) is 0 Å². The van der Waals surface area contributed by atoms with Gasteiger partial charge in [-0.3, -0.25) is 0 Å². The monoisotopic (exact) mass is 414 g/mol. The summed E-state index contributed by atoms with van der Waals surface area (Å²) in [5.74, 6) is -20.1. The first-order chi connectivity index (χ1) is 11.9. The number of rotatable bonds is 3. The molecular formula is C17H16F6OS2. The summed E-state index contributed by atoms with van der Waals surface area (Å²) >= 11 is 1.58. The van der Waals surface area contributed by atoms with Gasteiger partial charge in [0.2, 0.25) is 0 Å². The van der Waals surface area contributed by atoms with E-state index in [1.807, 2.05) is 0 Å². The maximum absolute atomic E-state index is 14.7. The quantitative estimate of drug-likeness (QED) is 0.610. The SMILES string of the molecule is Cc1cc(C)c(C2C(c3sc(C)cc3CO)C(F)(F)C(F)(F)C2(F)F)s1. The molecule has 0 radical (unpaired) electrons. The highest BCUT2D eigenvalue weighted by molar-refractivity contribution is 7.12. The summed E-state index contributed by atoms with van der Waals surface area (Å²) in [6, 6.07) is 2.89. The van der Waals surface area contributed by atoms with E-state index in [9.17, 15) is 31.4 Å². The molecule has 1 saturated carbocycles. The number of halogens is 6. The third-order valence-corrected chi connectivity index (χ3v) is 7.14. The second-order valence-electron chi connectivity index (χ2n) is 6.58. The second kappa shape index (κ2) is 5.97. The fourth-order valence-corrected chi connectivity index (χ4v) is 6.03. The minimum Gasteiger partial charge on any atom is -0.392 e. The Bertz CT molecular complexity index is 838. The van der Waals surface area contributed by atoms with Gasteiger partial charge in [-0.05, 0) is 44.0 Å². The standard InChI is InChI=1S/C17H16F6OS2/c1-7-4-8(2)25-13(7)11-12(14-10(6-24)5-9(3)26-14)16(20,21)17(22,23)15(11,18)19/h4-5,11-12,24H,6H2,1-3H3. The molecule has 1 nitrogen and oxygen atoms in total. The van der Waals surface area contributed by atoms with Crippen LogP contribution in [0.4, 0.5) is 26.3 Å². The third-order valence-electron chi connectivity index (χ3n) is 4.73. The molecule has 0 aliphatic heterocycles. The van der Waals surface area contributed by atoms with E-state index in [4.69, 9.17) is 0 Å². The van der Waals surface area contributed by atoms with E-state index >= 15 is 0 Å². The van der Waals surface area contributed by atoms with Crippen LogP contribution in [0.5, 0.6) is 0 Å². The van der Waals surface area contributed by atoms with Gasteiger partial charge >= 0.3 is 17.8 Å². The maximum Gasteiger partial charge on any atom is 0.373 e. The van der Waals surface area contributed by atoms with Crippen molar-refractivity contribution in [2.24, 2.45) is 0 Å². The molecule has 2 heterocycles. The zero-order valence-electron chi connectivity index (χ0n) is 14.0. The molecule has 1 aliphatic carbocycles. The fraction of sp³-hybridized carbons (Fsp3) is 0.529. The van der Waals surface area contributed by atoms with Gasteiger partial charge in [0.15, 0.2) is 0 Å². The molecule has 0 saturated heterocycles. The van der Waals surface area contributed by atoms with Crippen LogP contribution in [-0.2, 0) is 6.61 Å². The lowest BCUT2D eigenvalue weighted by Crippen LogP contribution is -2.48. The minimum atomic E-state index is -5.50. The molecule has 1 aliphatic rings. The van der Waals surface area contributed by atoms with E-state index in [-0.39, 0.29) is 20.9 Å². The van der Waals surface area contributed by atoms with Crippen LogP contribution in [0.25, 0.3) is 0 Å². The predicted octanol–water partition coefficient (Wildman–Crippen LogP) is 6.01. The lowest BCUT2D eigenvalue weighted by atomic mass is 9.87. The Morgan fingerprint density at radius 1 is 0.846 bits per heavy atom. The van der Waals surface area contributed by atoms with E-state index in [1.165, 1.54) is 19.1 Å². The molecule has 1 N–H and O–H groups in total. The first kappa shape index (κ1) is 19.7. The van der Waals surface area contributed by atoms with Crippen LogP contribution in [0.1, 0.15) is 42.5 Å². The fourth-order valence-electron chi connectivity index (χ4n) is 3.60. The molecule has 2 atom stereocenters. The van der Waals surface area contributed by atoms with E-state index in [1.54, 1.807) is 13.8 Å². The smallest absolute Gasteiger partial charge is 0.373 e. The van der Waals surface area contributed by atoms with Gasteiger partial charge in [0.25, 0.3) is 0 Å². The van der Waals surface area contributed by atoms with Crippen LogP contribution < -0.4 is 0 Å². The largest absolute Gasteiger partial charge is 0.392 e. The zero-order chi connectivity index (χ0) is 19.7. The van der Waals surface area contributed by atoms with Crippen molar-refractivity contribution in [3.8, 4) is 0 Å². The Morgan fingerprint density at radius 3 is 1.77 bits per heavy atom. The lowest BCUT2D eigenvalue weighted by Gasteiger charge is -2.25. The molecule has 0 aromatic carbocycles. The van der Waals surface area contributed by atoms with E-state index in [2.05, 4.69) is 0 Å². The van der Waals surface area contributed by atoms with Gasteiger partial charge in [-0.1, -0.05) is 0 Å². The molecule has 144 valence electrons. The van der Waals surface area contributed by atoms with Gasteiger partial charge in [-0.2, -0.15) is 26.3 Å². The number of aliphatic hydroxyl groups excluding tert-OH is 1. The van der Waals surface area contributed by atoms with E-state index in [0.29, 0.717) is 9.75 Å². The highest BCUT2D eigenvalue weighted by Crippen LogP contribution is 2.70. The Balaban J connectivity index is 2.31. The molecule has 26 heavy (non-hydrogen) atoms. The summed E-state index contributed by atoms with van der Waals surface area (Å²) < 4.78 is 87.0. The van der Waals surface area contributed by atoms with Crippen molar-refractivity contribution < 1.29 is 31.4 Å². The Morgan fingerprint density at radius 2 is 1.31 bits per heavy atom. The number of aryl methyl sites for hydroxylation is 3. The average molecular weight is 414 g/mol. The maximum atomic E-state index is 14.7. The van der Waals surface area contributed by atoms with Crippen LogP contribution in [0, 0.1) is 20.8 Å². The number of aliphatic hydroxyl groups is 1. The Hall–Kier alpha value is -1.06. The zero-order valence-corrected chi connectivity index (χ0v) is 15.7. The highest BCUT2D eigenvalue weighted by Gasteiger charge is 2.85. The van der Waals surface area contributed by atoms with Crippen molar-refractivity contribution in [1.29, 1.82) is 0 Å². The Labute approximate surface area is 154 Å². The first-order valence-electron chi connectivity index (χ1n) is 7.76. The second-order valence-corrected chi connectivity index (χ2v) is 9.16. The van der Waals surface area contributed by atoms with Crippen molar-refractivity contribution in [3.05, 3.63) is 42.8 Å². The number of thiophene rings is 2. The predicted molar refractivity (Wildman–Crippen MR) is 89.1 cm³/mol. The highest BCUT2D eigenvalue weighted by atomic mass is 32.1. The molecule has 1 fully saturated rings. The number of hydrogen-bond donors (Lipinski definition) is 1. The summed E-state index contributed by atoms with van der Waals surface area (Å²) in [7, 11) is 0. The first-order valence-corrected chi connectivity index (χ1v) is 9.40. The summed E-state index contributed by atoms with van der Waals surface area (Å²) in [4.78, 5) is 0.595. The lowest BCUT2D eigenvalue weighted by molar-refractivity contribution is -0.274. The van der Waals surface area contributed by atoms with Crippen molar-refractivity contribution in [2.45, 2.75) is 57.0 Å². The van der Waals surface area contributed by atoms with Crippen LogP contribution in [0.15, 0.2) is 12.1 Å². The minimum absolute atomic E-state index is 0.0124. The van der Waals surface area contributed by atoms with Crippen molar-refractivity contribution in [2.75, 3.05) is 0 Å². The molecule has 0 bridgehead atoms. The van der Waals surface area contributed by atoms with Crippen LogP contribution >= 0.6 is 22.7 Å². The van der Waals surface area contributed by atoms with Crippen LogP contribution in [-0.4, -0.2) is 22.9 Å². The number of alkyl halides is 6. The van der Waals surface area contributed by atoms with Crippen molar-refractivity contribution in [3.63, 3.8) is 0 Å². The summed E-state index contributed by atoms with van der Waals surface area (Å²) in [5.41, 5.74) is 0.274. The number of hydrogen-bond acceptors (Lipinski definition) is 3. The molecule has 0 amide bonds. The van der Waals surface area contributed by atoms with Crippen LogP contribution in [0.3, 0.4) is 0 Å². The molecule has 2 aromatic rings. The van der Waals surface area contributed by atoms with Gasteiger partial charge in [-0.15, -0.1) is 22.7 Å². The molecular weight excluding hydrogens is 398 g/mol. The van der Waals surface area contributed by atoms with Gasteiger partial charge in [-0.25, -0.2) is 0 Å². The van der Waals surface area contributed by atoms with Gasteiger partial charge in [0, 0.05) is 19.5 Å². The molecule has 2 unspecified atom stereocenters. The van der Waals surface area contributed by atoms with E-state index in [0.717, 1.165) is 22.7 Å². The molecule has 9 heteroatoms. The van der Waals surface area contributed by atoms with Crippen LogP contribution in [0.2, 0.25) is 0 Å². The normalized spacial score (nSPS) is 26.4.